The van der Waals surface area contributed by atoms with E-state index in [-0.39, 0.29) is 5.92 Å². The number of hydrogen-bond acceptors (Lipinski definition) is 4. The monoisotopic (exact) mass is 319 g/mol. The van der Waals surface area contributed by atoms with Crippen molar-refractivity contribution in [3.8, 4) is 5.75 Å². The molecule has 0 saturated heterocycles. The maximum Gasteiger partial charge on any atom is 0.326 e. The molecule has 1 amide bonds. The summed E-state index contributed by atoms with van der Waals surface area (Å²) in [4.78, 5) is 23.8. The van der Waals surface area contributed by atoms with Gasteiger partial charge in [-0.15, -0.1) is 0 Å². The van der Waals surface area contributed by atoms with E-state index < -0.39 is 17.9 Å². The summed E-state index contributed by atoms with van der Waals surface area (Å²) >= 11 is 0. The van der Waals surface area contributed by atoms with Crippen molar-refractivity contribution in [3.05, 3.63) is 29.5 Å². The highest BCUT2D eigenvalue weighted by atomic mass is 16.5. The molecule has 1 aromatic carbocycles. The Kier molecular flexibility index (Phi) is 4.93. The van der Waals surface area contributed by atoms with Crippen LogP contribution in [0, 0.1) is 12.8 Å². The first-order chi connectivity index (χ1) is 10.8. The summed E-state index contributed by atoms with van der Waals surface area (Å²) in [7, 11) is 0. The third-order valence-corrected chi connectivity index (χ3v) is 3.59. The van der Waals surface area contributed by atoms with Crippen molar-refractivity contribution >= 4 is 22.8 Å². The van der Waals surface area contributed by atoms with E-state index in [9.17, 15) is 14.7 Å². The van der Waals surface area contributed by atoms with E-state index in [1.165, 1.54) is 0 Å². The fourth-order valence-corrected chi connectivity index (χ4v) is 2.46. The van der Waals surface area contributed by atoms with Crippen LogP contribution in [-0.4, -0.2) is 29.6 Å². The van der Waals surface area contributed by atoms with Crippen LogP contribution in [0.25, 0.3) is 11.0 Å². The number of furan rings is 1. The minimum atomic E-state index is -1.06. The van der Waals surface area contributed by atoms with E-state index in [4.69, 9.17) is 9.15 Å². The van der Waals surface area contributed by atoms with Gasteiger partial charge in [-0.2, -0.15) is 0 Å². The van der Waals surface area contributed by atoms with Gasteiger partial charge in [-0.3, -0.25) is 4.79 Å². The number of carboxylic acid groups (broad SMARTS) is 1. The number of carbonyl (C=O) groups excluding carboxylic acids is 1. The van der Waals surface area contributed by atoms with E-state index in [1.807, 2.05) is 6.92 Å². The molecule has 0 spiro atoms. The Hall–Kier alpha value is -2.50. The molecular formula is C17H21NO5. The molecule has 2 aromatic rings. The lowest BCUT2D eigenvalue weighted by Crippen LogP contribution is -2.44. The van der Waals surface area contributed by atoms with Crippen molar-refractivity contribution in [2.45, 2.75) is 33.7 Å². The number of carboxylic acids is 1. The molecule has 1 heterocycles. The lowest BCUT2D eigenvalue weighted by atomic mass is 10.0. The van der Waals surface area contributed by atoms with Gasteiger partial charge in [0.15, 0.2) is 0 Å². The van der Waals surface area contributed by atoms with Crippen LogP contribution in [0.4, 0.5) is 0 Å². The maximum atomic E-state index is 12.6. The van der Waals surface area contributed by atoms with E-state index in [0.717, 1.165) is 0 Å². The minimum Gasteiger partial charge on any atom is -0.494 e. The van der Waals surface area contributed by atoms with Crippen LogP contribution in [0.1, 0.15) is 36.9 Å². The zero-order chi connectivity index (χ0) is 17.1. The van der Waals surface area contributed by atoms with E-state index in [1.54, 1.807) is 39.0 Å². The van der Waals surface area contributed by atoms with Crippen molar-refractivity contribution in [1.82, 2.24) is 5.32 Å². The van der Waals surface area contributed by atoms with Crippen molar-refractivity contribution in [2.24, 2.45) is 5.92 Å². The molecule has 0 saturated carbocycles. The standard InChI is InChI=1S/C17H21NO5/c1-5-22-11-6-7-13-12(8-11)14(10(4)23-13)16(19)18-15(9(2)3)17(20)21/h6-9,15H,5H2,1-4H3,(H,18,19)(H,20,21). The molecule has 2 rings (SSSR count). The summed E-state index contributed by atoms with van der Waals surface area (Å²) in [5.74, 6) is -0.675. The number of nitrogens with one attached hydrogen (secondary N) is 1. The summed E-state index contributed by atoms with van der Waals surface area (Å²) in [5, 5.41) is 12.4. The van der Waals surface area contributed by atoms with Gasteiger partial charge in [-0.25, -0.2) is 4.79 Å². The second-order valence-corrected chi connectivity index (χ2v) is 5.66. The average molecular weight is 319 g/mol. The molecule has 124 valence electrons. The van der Waals surface area contributed by atoms with Gasteiger partial charge in [0.25, 0.3) is 5.91 Å². The Morgan fingerprint density at radius 1 is 1.35 bits per heavy atom. The van der Waals surface area contributed by atoms with Crippen molar-refractivity contribution in [3.63, 3.8) is 0 Å². The number of amides is 1. The summed E-state index contributed by atoms with van der Waals surface area (Å²) in [6.07, 6.45) is 0. The molecule has 1 atom stereocenters. The van der Waals surface area contributed by atoms with Gasteiger partial charge in [0, 0.05) is 5.39 Å². The van der Waals surface area contributed by atoms with E-state index >= 15 is 0 Å². The predicted molar refractivity (Wildman–Crippen MR) is 85.8 cm³/mol. The number of rotatable bonds is 6. The number of ether oxygens (including phenoxy) is 1. The Balaban J connectivity index is 2.41. The zero-order valence-corrected chi connectivity index (χ0v) is 13.7. The molecule has 6 nitrogen and oxygen atoms in total. The smallest absolute Gasteiger partial charge is 0.326 e. The normalized spacial score (nSPS) is 12.4. The molecule has 6 heteroatoms. The number of carbonyl (C=O) groups is 2. The lowest BCUT2D eigenvalue weighted by Gasteiger charge is -2.17. The molecular weight excluding hydrogens is 298 g/mol. The van der Waals surface area contributed by atoms with E-state index in [0.29, 0.717) is 34.6 Å². The molecule has 0 aliphatic rings. The largest absolute Gasteiger partial charge is 0.494 e. The zero-order valence-electron chi connectivity index (χ0n) is 13.7. The average Bonchev–Trinajstić information content (AvgIpc) is 2.79. The summed E-state index contributed by atoms with van der Waals surface area (Å²) in [6, 6.07) is 4.28. The Morgan fingerprint density at radius 2 is 2.04 bits per heavy atom. The quantitative estimate of drug-likeness (QED) is 0.854. The van der Waals surface area contributed by atoms with Crippen molar-refractivity contribution in [2.75, 3.05) is 6.61 Å². The molecule has 2 N–H and O–H groups in total. The second-order valence-electron chi connectivity index (χ2n) is 5.66. The number of hydrogen-bond donors (Lipinski definition) is 2. The van der Waals surface area contributed by atoms with Gasteiger partial charge in [-0.05, 0) is 38.0 Å². The molecule has 1 aromatic heterocycles. The predicted octanol–water partition coefficient (Wildman–Crippen LogP) is 2.98. The highest BCUT2D eigenvalue weighted by Crippen LogP contribution is 2.29. The summed E-state index contributed by atoms with van der Waals surface area (Å²) in [6.45, 7) is 7.55. The number of aliphatic carboxylic acids is 1. The Bertz CT molecular complexity index is 732. The highest BCUT2D eigenvalue weighted by molar-refractivity contribution is 6.08. The van der Waals surface area contributed by atoms with Crippen LogP contribution < -0.4 is 10.1 Å². The van der Waals surface area contributed by atoms with Gasteiger partial charge >= 0.3 is 5.97 Å². The van der Waals surface area contributed by atoms with Crippen molar-refractivity contribution < 1.29 is 23.8 Å². The Morgan fingerprint density at radius 3 is 2.61 bits per heavy atom. The van der Waals surface area contributed by atoms with Gasteiger partial charge in [0.2, 0.25) is 0 Å². The molecule has 23 heavy (non-hydrogen) atoms. The van der Waals surface area contributed by atoms with Crippen LogP contribution >= 0.6 is 0 Å². The topological polar surface area (TPSA) is 88.8 Å². The fourth-order valence-electron chi connectivity index (χ4n) is 2.46. The first-order valence-corrected chi connectivity index (χ1v) is 7.54. The lowest BCUT2D eigenvalue weighted by molar-refractivity contribution is -0.140. The third-order valence-electron chi connectivity index (χ3n) is 3.59. The third kappa shape index (κ3) is 3.47. The van der Waals surface area contributed by atoms with Gasteiger partial charge < -0.3 is 19.6 Å². The first-order valence-electron chi connectivity index (χ1n) is 7.54. The summed E-state index contributed by atoms with van der Waals surface area (Å²) < 4.78 is 11.0. The van der Waals surface area contributed by atoms with Gasteiger partial charge in [0.05, 0.1) is 12.2 Å². The van der Waals surface area contributed by atoms with Gasteiger partial charge in [-0.1, -0.05) is 13.8 Å². The molecule has 0 fully saturated rings. The molecule has 0 bridgehead atoms. The van der Waals surface area contributed by atoms with Crippen LogP contribution in [-0.2, 0) is 4.79 Å². The maximum absolute atomic E-state index is 12.6. The molecule has 0 radical (unpaired) electrons. The fraction of sp³-hybridized carbons (Fsp3) is 0.412. The number of aryl methyl sites for hydroxylation is 1. The number of fused-ring (bicyclic) bond motifs is 1. The van der Waals surface area contributed by atoms with Crippen molar-refractivity contribution in [1.29, 1.82) is 0 Å². The number of benzene rings is 1. The summed E-state index contributed by atoms with van der Waals surface area (Å²) in [5.41, 5.74) is 0.904. The van der Waals surface area contributed by atoms with Crippen LogP contribution in [0.2, 0.25) is 0 Å². The highest BCUT2D eigenvalue weighted by Gasteiger charge is 2.27. The SMILES string of the molecule is CCOc1ccc2oc(C)c(C(=O)NC(C(=O)O)C(C)C)c2c1. The second kappa shape index (κ2) is 6.73. The van der Waals surface area contributed by atoms with Gasteiger partial charge in [0.1, 0.15) is 23.1 Å². The van der Waals surface area contributed by atoms with E-state index in [2.05, 4.69) is 5.32 Å². The molecule has 0 aliphatic carbocycles. The van der Waals surface area contributed by atoms with Crippen LogP contribution in [0.5, 0.6) is 5.75 Å². The first kappa shape index (κ1) is 16.9. The minimum absolute atomic E-state index is 0.228. The van der Waals surface area contributed by atoms with Crippen LogP contribution in [0.15, 0.2) is 22.6 Å². The van der Waals surface area contributed by atoms with Crippen LogP contribution in [0.3, 0.4) is 0 Å². The Labute approximate surface area is 134 Å². The molecule has 1 unspecified atom stereocenters. The molecule has 0 aliphatic heterocycles.